The highest BCUT2D eigenvalue weighted by atomic mass is 14.9. The van der Waals surface area contributed by atoms with Gasteiger partial charge in [-0.1, -0.05) is 0 Å². The zero-order valence-electron chi connectivity index (χ0n) is 8.78. The third-order valence-electron chi connectivity index (χ3n) is 1.15. The molecule has 0 atom stereocenters. The summed E-state index contributed by atoms with van der Waals surface area (Å²) in [6, 6.07) is 0. The molecule has 0 aromatic carbocycles. The topological polar surface area (TPSA) is 76.1 Å². The Labute approximate surface area is 76.1 Å². The fraction of sp³-hybridized carbons (Fsp3) is 1.00. The van der Waals surface area contributed by atoms with E-state index in [4.69, 9.17) is 11.5 Å². The van der Waals surface area contributed by atoms with Gasteiger partial charge in [-0.2, -0.15) is 0 Å². The van der Waals surface area contributed by atoms with Crippen LogP contribution in [0.25, 0.3) is 0 Å². The van der Waals surface area contributed by atoms with Gasteiger partial charge in [0.25, 0.3) is 0 Å². The van der Waals surface area contributed by atoms with E-state index in [1.807, 2.05) is 27.9 Å². The largest absolute Gasteiger partial charge is 0.329 e. The van der Waals surface area contributed by atoms with Crippen molar-refractivity contribution in [1.82, 2.24) is 10.6 Å². The highest BCUT2D eigenvalue weighted by Gasteiger charge is 2.04. The van der Waals surface area contributed by atoms with Crippen LogP contribution in [0.2, 0.25) is 0 Å². The first-order valence-corrected chi connectivity index (χ1v) is 4.26. The lowest BCUT2D eigenvalue weighted by Gasteiger charge is -2.13. The van der Waals surface area contributed by atoms with E-state index in [0.29, 0.717) is 6.54 Å². The molecule has 0 aromatic heterocycles. The van der Waals surface area contributed by atoms with Crippen LogP contribution < -0.4 is 22.1 Å². The second kappa shape index (κ2) is 8.93. The molecule has 4 heteroatoms. The summed E-state index contributed by atoms with van der Waals surface area (Å²) in [6.45, 7) is 6.44. The van der Waals surface area contributed by atoms with Crippen molar-refractivity contribution in [2.45, 2.75) is 19.4 Å². The molecule has 0 aliphatic rings. The lowest BCUT2D eigenvalue weighted by Crippen LogP contribution is -2.40. The number of likely N-dealkylation sites (N-methyl/N-ethyl adjacent to an activating group) is 2. The Morgan fingerprint density at radius 3 is 1.42 bits per heavy atom. The van der Waals surface area contributed by atoms with Crippen LogP contribution in [0.4, 0.5) is 0 Å². The smallest absolute Gasteiger partial charge is 0.0221 e. The predicted octanol–water partition coefficient (Wildman–Crippen LogP) is -0.892. The van der Waals surface area contributed by atoms with Gasteiger partial charge in [-0.3, -0.25) is 0 Å². The van der Waals surface area contributed by atoms with Crippen molar-refractivity contribution in [2.75, 3.05) is 33.7 Å². The zero-order chi connectivity index (χ0) is 10.0. The molecule has 4 nitrogen and oxygen atoms in total. The van der Waals surface area contributed by atoms with Gasteiger partial charge in [-0.15, -0.1) is 0 Å². The highest BCUT2D eigenvalue weighted by molar-refractivity contribution is 4.70. The van der Waals surface area contributed by atoms with Crippen molar-refractivity contribution >= 4 is 0 Å². The van der Waals surface area contributed by atoms with Crippen LogP contribution in [0.1, 0.15) is 13.8 Å². The number of hydrogen-bond acceptors (Lipinski definition) is 4. The highest BCUT2D eigenvalue weighted by Crippen LogP contribution is 1.88. The summed E-state index contributed by atoms with van der Waals surface area (Å²) in [5.74, 6) is 0. The Hall–Kier alpha value is -0.160. The summed E-state index contributed by atoms with van der Waals surface area (Å²) in [7, 11) is 3.88. The van der Waals surface area contributed by atoms with Gasteiger partial charge in [0.2, 0.25) is 0 Å². The molecule has 76 valence electrons. The molecule has 0 bridgehead atoms. The number of nitrogens with one attached hydrogen (secondary N) is 2. The molecule has 0 aromatic rings. The molecule has 0 radical (unpaired) electrons. The Morgan fingerprint density at radius 2 is 1.33 bits per heavy atom. The van der Waals surface area contributed by atoms with Gasteiger partial charge in [0.15, 0.2) is 0 Å². The molecule has 0 aliphatic carbocycles. The minimum atomic E-state index is -0.181. The molecule has 0 fully saturated rings. The van der Waals surface area contributed by atoms with E-state index in [9.17, 15) is 0 Å². The molecular weight excluding hydrogens is 152 g/mol. The molecule has 6 N–H and O–H groups in total. The minimum absolute atomic E-state index is 0.181. The molecule has 0 unspecified atom stereocenters. The monoisotopic (exact) mass is 176 g/mol. The van der Waals surface area contributed by atoms with Crippen molar-refractivity contribution in [3.63, 3.8) is 0 Å². The molecule has 0 amide bonds. The van der Waals surface area contributed by atoms with E-state index < -0.39 is 0 Å². The predicted molar refractivity (Wildman–Crippen MR) is 55.2 cm³/mol. The van der Waals surface area contributed by atoms with Gasteiger partial charge in [-0.05, 0) is 27.9 Å². The Bertz CT molecular complexity index is 73.6. The van der Waals surface area contributed by atoms with Crippen molar-refractivity contribution in [3.8, 4) is 0 Å². The van der Waals surface area contributed by atoms with Crippen LogP contribution in [0.15, 0.2) is 0 Å². The molecular formula is C8H24N4. The third-order valence-corrected chi connectivity index (χ3v) is 1.15. The van der Waals surface area contributed by atoms with Gasteiger partial charge < -0.3 is 22.1 Å². The van der Waals surface area contributed by atoms with Crippen molar-refractivity contribution < 1.29 is 0 Å². The van der Waals surface area contributed by atoms with E-state index in [-0.39, 0.29) is 5.54 Å². The lowest BCUT2D eigenvalue weighted by atomic mass is 10.1. The maximum Gasteiger partial charge on any atom is 0.0221 e. The number of rotatable bonds is 4. The summed E-state index contributed by atoms with van der Waals surface area (Å²) in [6.07, 6.45) is 0. The van der Waals surface area contributed by atoms with E-state index >= 15 is 0 Å². The zero-order valence-corrected chi connectivity index (χ0v) is 8.78. The SMILES string of the molecule is CC(C)(N)CN.CNCCNC. The molecule has 0 spiro atoms. The van der Waals surface area contributed by atoms with Crippen LogP contribution >= 0.6 is 0 Å². The molecule has 0 saturated carbocycles. The first-order chi connectivity index (χ1) is 5.47. The lowest BCUT2D eigenvalue weighted by molar-refractivity contribution is 0.532. The maximum absolute atomic E-state index is 5.41. The van der Waals surface area contributed by atoms with Crippen molar-refractivity contribution in [1.29, 1.82) is 0 Å². The van der Waals surface area contributed by atoms with E-state index in [1.165, 1.54) is 0 Å². The molecule has 0 rings (SSSR count). The third kappa shape index (κ3) is 22.5. The second-order valence-corrected chi connectivity index (χ2v) is 3.40. The van der Waals surface area contributed by atoms with Gasteiger partial charge >= 0.3 is 0 Å². The van der Waals surface area contributed by atoms with Crippen LogP contribution in [-0.4, -0.2) is 39.3 Å². The number of nitrogens with two attached hydrogens (primary N) is 2. The molecule has 0 heterocycles. The summed E-state index contributed by atoms with van der Waals surface area (Å²) >= 11 is 0. The normalized spacial score (nSPS) is 10.5. The van der Waals surface area contributed by atoms with Crippen molar-refractivity contribution in [2.24, 2.45) is 11.5 Å². The van der Waals surface area contributed by atoms with E-state index in [1.54, 1.807) is 0 Å². The maximum atomic E-state index is 5.41. The average Bonchev–Trinajstić information content (AvgIpc) is 2.01. The number of hydrogen-bond donors (Lipinski definition) is 4. The van der Waals surface area contributed by atoms with E-state index in [2.05, 4.69) is 10.6 Å². The van der Waals surface area contributed by atoms with Crippen LogP contribution in [-0.2, 0) is 0 Å². The fourth-order valence-electron chi connectivity index (χ4n) is 0.250. The minimum Gasteiger partial charge on any atom is -0.329 e. The molecule has 0 saturated heterocycles. The summed E-state index contributed by atoms with van der Waals surface area (Å²) in [5, 5.41) is 6.01. The Morgan fingerprint density at radius 1 is 1.08 bits per heavy atom. The van der Waals surface area contributed by atoms with Crippen molar-refractivity contribution in [3.05, 3.63) is 0 Å². The summed E-state index contributed by atoms with van der Waals surface area (Å²) in [4.78, 5) is 0. The van der Waals surface area contributed by atoms with Gasteiger partial charge in [-0.25, -0.2) is 0 Å². The average molecular weight is 176 g/mol. The first kappa shape index (κ1) is 14.4. The van der Waals surface area contributed by atoms with Crippen LogP contribution in [0, 0.1) is 0 Å². The first-order valence-electron chi connectivity index (χ1n) is 4.26. The Balaban J connectivity index is 0. The molecule has 12 heavy (non-hydrogen) atoms. The quantitative estimate of drug-likeness (QED) is 0.419. The summed E-state index contributed by atoms with van der Waals surface area (Å²) in [5.41, 5.74) is 10.4. The van der Waals surface area contributed by atoms with Gasteiger partial charge in [0.05, 0.1) is 0 Å². The van der Waals surface area contributed by atoms with Crippen LogP contribution in [0.5, 0.6) is 0 Å². The van der Waals surface area contributed by atoms with Gasteiger partial charge in [0.1, 0.15) is 0 Å². The summed E-state index contributed by atoms with van der Waals surface area (Å²) < 4.78 is 0. The Kier molecular flexibility index (Phi) is 10.7. The second-order valence-electron chi connectivity index (χ2n) is 3.40. The van der Waals surface area contributed by atoms with E-state index in [0.717, 1.165) is 13.1 Å². The molecule has 0 aliphatic heterocycles. The standard InChI is InChI=1S/2C4H12N2/c1-5-3-4-6-2;1-4(2,6)3-5/h5-6H,3-4H2,1-2H3;3,5-6H2,1-2H3. The fourth-order valence-corrected chi connectivity index (χ4v) is 0.250. The van der Waals surface area contributed by atoms with Crippen LogP contribution in [0.3, 0.4) is 0 Å². The van der Waals surface area contributed by atoms with Gasteiger partial charge in [0, 0.05) is 25.2 Å².